The number of nitrogens with one attached hydrogen (secondary N) is 2. The van der Waals surface area contributed by atoms with E-state index < -0.39 is 10.0 Å². The lowest BCUT2D eigenvalue weighted by atomic mass is 10.2. The van der Waals surface area contributed by atoms with Crippen molar-refractivity contribution >= 4 is 21.6 Å². The number of sulfonamides is 1. The van der Waals surface area contributed by atoms with Crippen LogP contribution >= 0.6 is 0 Å². The highest BCUT2D eigenvalue weighted by atomic mass is 32.2. The van der Waals surface area contributed by atoms with E-state index in [1.54, 1.807) is 49.4 Å². The van der Waals surface area contributed by atoms with Gasteiger partial charge in [-0.05, 0) is 36.8 Å². The van der Waals surface area contributed by atoms with Crippen LogP contribution in [0.1, 0.15) is 12.5 Å². The zero-order valence-corrected chi connectivity index (χ0v) is 16.7. The van der Waals surface area contributed by atoms with Crippen LogP contribution in [-0.4, -0.2) is 34.6 Å². The van der Waals surface area contributed by atoms with Crippen molar-refractivity contribution in [1.29, 1.82) is 0 Å². The normalized spacial score (nSPS) is 10.5. The minimum atomic E-state index is -3.74. The summed E-state index contributed by atoms with van der Waals surface area (Å²) in [6, 6.07) is 11.8. The van der Waals surface area contributed by atoms with Gasteiger partial charge in [-0.3, -0.25) is 4.79 Å². The Balaban J connectivity index is 1.90. The maximum absolute atomic E-state index is 12.4. The number of carbonyl (C=O) groups excluding carboxylic acids is 1. The highest BCUT2D eigenvalue weighted by Crippen LogP contribution is 2.24. The molecular weight excluding hydrogens is 380 g/mol. The zero-order valence-electron chi connectivity index (χ0n) is 15.9. The van der Waals surface area contributed by atoms with E-state index in [0.29, 0.717) is 11.4 Å². The smallest absolute Gasteiger partial charge is 0.245 e. The fourth-order valence-corrected chi connectivity index (χ4v) is 3.48. The third kappa shape index (κ3) is 6.30. The Kier molecular flexibility index (Phi) is 7.44. The third-order valence-corrected chi connectivity index (χ3v) is 4.97. The first-order valence-corrected chi connectivity index (χ1v) is 9.90. The highest BCUT2D eigenvalue weighted by Gasteiger charge is 2.18. The van der Waals surface area contributed by atoms with E-state index in [1.165, 1.54) is 14.0 Å². The van der Waals surface area contributed by atoms with Crippen LogP contribution in [0.3, 0.4) is 0 Å². The first kappa shape index (κ1) is 21.3. The molecule has 0 aliphatic carbocycles. The second-order valence-corrected chi connectivity index (χ2v) is 7.57. The van der Waals surface area contributed by atoms with Gasteiger partial charge in [0.25, 0.3) is 0 Å². The van der Waals surface area contributed by atoms with Gasteiger partial charge in [0.2, 0.25) is 15.9 Å². The van der Waals surface area contributed by atoms with E-state index in [2.05, 4.69) is 21.9 Å². The Morgan fingerprint density at radius 2 is 1.93 bits per heavy atom. The number of hydrogen-bond donors (Lipinski definition) is 2. The van der Waals surface area contributed by atoms with E-state index in [-0.39, 0.29) is 29.7 Å². The van der Waals surface area contributed by atoms with Crippen LogP contribution in [0.15, 0.2) is 47.4 Å². The van der Waals surface area contributed by atoms with Crippen LogP contribution in [0.25, 0.3) is 0 Å². The van der Waals surface area contributed by atoms with E-state index in [9.17, 15) is 13.2 Å². The molecule has 2 aromatic carbocycles. The maximum Gasteiger partial charge on any atom is 0.245 e. The van der Waals surface area contributed by atoms with E-state index in [0.717, 1.165) is 5.56 Å². The molecule has 0 saturated carbocycles. The van der Waals surface area contributed by atoms with Gasteiger partial charge in [-0.25, -0.2) is 8.42 Å². The molecule has 2 rings (SSSR count). The lowest BCUT2D eigenvalue weighted by molar-refractivity contribution is -0.114. The van der Waals surface area contributed by atoms with Crippen LogP contribution < -0.4 is 19.5 Å². The van der Waals surface area contributed by atoms with Crippen LogP contribution in [0, 0.1) is 18.8 Å². The molecule has 7 nitrogen and oxygen atoms in total. The Morgan fingerprint density at radius 3 is 2.64 bits per heavy atom. The summed E-state index contributed by atoms with van der Waals surface area (Å²) in [5, 5.41) is 2.66. The van der Waals surface area contributed by atoms with Crippen LogP contribution in [0.4, 0.5) is 5.69 Å². The summed E-state index contributed by atoms with van der Waals surface area (Å²) < 4.78 is 37.8. The monoisotopic (exact) mass is 402 g/mol. The summed E-state index contributed by atoms with van der Waals surface area (Å²) >= 11 is 0. The van der Waals surface area contributed by atoms with Crippen molar-refractivity contribution < 1.29 is 22.7 Å². The predicted octanol–water partition coefficient (Wildman–Crippen LogP) is 2.32. The number of methoxy groups -OCH3 is 1. The van der Waals surface area contributed by atoms with Gasteiger partial charge in [-0.1, -0.05) is 24.0 Å². The molecule has 0 aromatic heterocycles. The molecule has 0 aliphatic rings. The molecule has 0 atom stereocenters. The Bertz CT molecular complexity index is 1010. The van der Waals surface area contributed by atoms with Crippen molar-refractivity contribution in [2.24, 2.45) is 0 Å². The molecule has 0 fully saturated rings. The van der Waals surface area contributed by atoms with Gasteiger partial charge >= 0.3 is 0 Å². The molecule has 8 heteroatoms. The largest absolute Gasteiger partial charge is 0.495 e. The predicted molar refractivity (Wildman–Crippen MR) is 107 cm³/mol. The molecule has 28 heavy (non-hydrogen) atoms. The molecule has 1 amide bonds. The third-order valence-electron chi connectivity index (χ3n) is 3.55. The Hall–Kier alpha value is -3.02. The van der Waals surface area contributed by atoms with E-state index in [1.807, 2.05) is 0 Å². The standard InChI is InChI=1S/C20H22N2O5S/c1-15-9-10-19(26-3)20(13-15)28(24,25)21-11-4-5-12-27-18-8-6-7-17(14-18)22-16(2)23/h6-10,13-14,21H,11-12H2,1-3H3,(H,22,23). The molecule has 2 N–H and O–H groups in total. The first-order chi connectivity index (χ1) is 13.3. The highest BCUT2D eigenvalue weighted by molar-refractivity contribution is 7.89. The fourth-order valence-electron chi connectivity index (χ4n) is 2.30. The van der Waals surface area contributed by atoms with Crippen LogP contribution in [-0.2, 0) is 14.8 Å². The van der Waals surface area contributed by atoms with Crippen LogP contribution in [0.5, 0.6) is 11.5 Å². The van der Waals surface area contributed by atoms with Crippen molar-refractivity contribution in [2.45, 2.75) is 18.7 Å². The zero-order chi connectivity index (χ0) is 20.6. The molecule has 0 radical (unpaired) electrons. The number of amides is 1. The number of hydrogen-bond acceptors (Lipinski definition) is 5. The summed E-state index contributed by atoms with van der Waals surface area (Å²) in [5.41, 5.74) is 1.43. The van der Waals surface area contributed by atoms with Gasteiger partial charge in [-0.15, -0.1) is 0 Å². The summed E-state index contributed by atoms with van der Waals surface area (Å²) in [7, 11) is -2.32. The SMILES string of the molecule is COc1ccc(C)cc1S(=O)(=O)NCC#CCOc1cccc(NC(C)=O)c1. The molecule has 2 aromatic rings. The minimum absolute atomic E-state index is 0.0608. The van der Waals surface area contributed by atoms with Gasteiger partial charge in [0.05, 0.1) is 13.7 Å². The van der Waals surface area contributed by atoms with Crippen LogP contribution in [0.2, 0.25) is 0 Å². The van der Waals surface area contributed by atoms with Gasteiger partial charge in [0.1, 0.15) is 23.0 Å². The molecular formula is C20H22N2O5S. The number of benzene rings is 2. The number of ether oxygens (including phenoxy) is 2. The van der Waals surface area contributed by atoms with Crippen molar-refractivity contribution in [3.63, 3.8) is 0 Å². The Morgan fingerprint density at radius 1 is 1.14 bits per heavy atom. The van der Waals surface area contributed by atoms with Crippen molar-refractivity contribution in [1.82, 2.24) is 4.72 Å². The lowest BCUT2D eigenvalue weighted by Crippen LogP contribution is -2.24. The fraction of sp³-hybridized carbons (Fsp3) is 0.250. The van der Waals surface area contributed by atoms with Gasteiger partial charge in [0.15, 0.2) is 0 Å². The molecule has 0 heterocycles. The molecule has 0 spiro atoms. The minimum Gasteiger partial charge on any atom is -0.495 e. The van der Waals surface area contributed by atoms with Crippen molar-refractivity contribution in [3.05, 3.63) is 48.0 Å². The second-order valence-electron chi connectivity index (χ2n) is 5.83. The summed E-state index contributed by atoms with van der Waals surface area (Å²) in [6.45, 7) is 3.25. The van der Waals surface area contributed by atoms with Crippen molar-refractivity contribution in [3.8, 4) is 23.3 Å². The summed E-state index contributed by atoms with van der Waals surface area (Å²) in [5.74, 6) is 6.09. The van der Waals surface area contributed by atoms with Gasteiger partial charge in [0, 0.05) is 18.7 Å². The second kappa shape index (κ2) is 9.78. The number of aryl methyl sites for hydroxylation is 1. The summed E-state index contributed by atoms with van der Waals surface area (Å²) in [6.07, 6.45) is 0. The van der Waals surface area contributed by atoms with E-state index in [4.69, 9.17) is 9.47 Å². The maximum atomic E-state index is 12.4. The molecule has 0 saturated heterocycles. The molecule has 148 valence electrons. The number of rotatable bonds is 7. The first-order valence-electron chi connectivity index (χ1n) is 8.42. The topological polar surface area (TPSA) is 93.7 Å². The average Bonchev–Trinajstić information content (AvgIpc) is 2.64. The quantitative estimate of drug-likeness (QED) is 0.694. The van der Waals surface area contributed by atoms with Gasteiger partial charge < -0.3 is 14.8 Å². The Labute approximate surface area is 165 Å². The summed E-state index contributed by atoms with van der Waals surface area (Å²) in [4.78, 5) is 11.1. The molecule has 0 aliphatic heterocycles. The molecule has 0 bridgehead atoms. The van der Waals surface area contributed by atoms with Gasteiger partial charge in [-0.2, -0.15) is 4.72 Å². The molecule has 0 unspecified atom stereocenters. The average molecular weight is 402 g/mol. The lowest BCUT2D eigenvalue weighted by Gasteiger charge is -2.10. The number of carbonyl (C=O) groups is 1. The van der Waals surface area contributed by atoms with Crippen molar-refractivity contribution in [2.75, 3.05) is 25.6 Å². The number of anilines is 1. The van der Waals surface area contributed by atoms with E-state index >= 15 is 0 Å².